The van der Waals surface area contributed by atoms with E-state index in [0.29, 0.717) is 17.6 Å². The lowest BCUT2D eigenvalue weighted by atomic mass is 9.88. The average Bonchev–Trinajstić information content (AvgIpc) is 3.42. The Morgan fingerprint density at radius 2 is 1.51 bits per heavy atom. The lowest BCUT2D eigenvalue weighted by molar-refractivity contribution is -0.114. The number of rotatable bonds is 3. The Kier molecular flexibility index (Phi) is 14.1. The molecule has 0 aromatic heterocycles. The summed E-state index contributed by atoms with van der Waals surface area (Å²) in [5.74, 6) is 0.536. The van der Waals surface area contributed by atoms with E-state index < -0.39 is 11.4 Å². The normalized spacial score (nSPS) is 19.3. The van der Waals surface area contributed by atoms with Gasteiger partial charge in [0.2, 0.25) is 5.24 Å². The maximum Gasteiger partial charge on any atom is 0.643 e. The third kappa shape index (κ3) is 9.86. The minimum atomic E-state index is -1.72. The van der Waals surface area contributed by atoms with Gasteiger partial charge in [0, 0.05) is 28.4 Å². The van der Waals surface area contributed by atoms with Gasteiger partial charge in [0.15, 0.2) is 11.6 Å². The molecule has 0 radical (unpaired) electrons. The van der Waals surface area contributed by atoms with Crippen LogP contribution in [-0.2, 0) is 36.9 Å². The second-order valence-corrected chi connectivity index (χ2v) is 19.9. The van der Waals surface area contributed by atoms with E-state index in [9.17, 15) is 14.4 Å². The summed E-state index contributed by atoms with van der Waals surface area (Å²) in [6.07, 6.45) is 4.63. The van der Waals surface area contributed by atoms with E-state index >= 15 is 0 Å². The van der Waals surface area contributed by atoms with Crippen molar-refractivity contribution in [3.05, 3.63) is 69.3 Å². The summed E-state index contributed by atoms with van der Waals surface area (Å²) in [4.78, 5) is 35.3. The minimum Gasteiger partial charge on any atom is -0.294 e. The van der Waals surface area contributed by atoms with E-state index in [1.165, 1.54) is 16.7 Å². The highest BCUT2D eigenvalue weighted by Gasteiger charge is 2.39. The van der Waals surface area contributed by atoms with E-state index in [1.54, 1.807) is 0 Å². The van der Waals surface area contributed by atoms with E-state index in [-0.39, 0.29) is 33.6 Å². The van der Waals surface area contributed by atoms with E-state index in [2.05, 4.69) is 32.9 Å². The fourth-order valence-corrected chi connectivity index (χ4v) is 5.93. The van der Waals surface area contributed by atoms with Crippen LogP contribution in [0.3, 0.4) is 0 Å². The van der Waals surface area contributed by atoms with E-state index in [4.69, 9.17) is 65.0 Å². The van der Waals surface area contributed by atoms with Crippen molar-refractivity contribution in [2.45, 2.75) is 73.6 Å². The number of fused-ring (bicyclic) bond motifs is 4. The highest BCUT2D eigenvalue weighted by Crippen LogP contribution is 2.42. The molecular weight excluding hydrogens is 660 g/mol. The molecule has 2 aromatic carbocycles. The zero-order valence-electron chi connectivity index (χ0n) is 24.4. The number of ketones is 2. The molecule has 5 rings (SSSR count). The second kappa shape index (κ2) is 15.6. The third-order valence-corrected chi connectivity index (χ3v) is 8.11. The lowest BCUT2D eigenvalue weighted by Gasteiger charge is -2.15. The van der Waals surface area contributed by atoms with E-state index in [1.807, 2.05) is 39.0 Å². The molecule has 224 valence electrons. The Hall–Kier alpha value is -0.278. The van der Waals surface area contributed by atoms with Gasteiger partial charge in [0.05, 0.1) is 5.34 Å². The summed E-state index contributed by atoms with van der Waals surface area (Å²) in [7, 11) is 14.8. The first-order valence-corrected chi connectivity index (χ1v) is 20.2. The van der Waals surface area contributed by atoms with Crippen molar-refractivity contribution in [1.82, 2.24) is 0 Å². The average molecular weight is 697 g/mol. The molecule has 0 saturated carbocycles. The minimum absolute atomic E-state index is 0.194. The molecular formula is C31H37AlCl6O3. The molecule has 2 aromatic rings. The molecule has 3 aliphatic rings. The predicted molar refractivity (Wildman–Crippen MR) is 177 cm³/mol. The topological polar surface area (TPSA) is 51.2 Å². The van der Waals surface area contributed by atoms with Gasteiger partial charge in [-0.15, -0.1) is 23.2 Å². The van der Waals surface area contributed by atoms with E-state index in [0.717, 1.165) is 47.9 Å². The van der Waals surface area contributed by atoms with Crippen LogP contribution < -0.4 is 0 Å². The Balaban J connectivity index is 0.000000235. The highest BCUT2D eigenvalue weighted by molar-refractivity contribution is 7.54. The van der Waals surface area contributed by atoms with Crippen molar-refractivity contribution in [3.8, 4) is 0 Å². The van der Waals surface area contributed by atoms with Gasteiger partial charge in [-0.3, -0.25) is 14.4 Å². The molecule has 3 aliphatic carbocycles. The van der Waals surface area contributed by atoms with Crippen LogP contribution in [0.4, 0.5) is 0 Å². The fourth-order valence-electron chi connectivity index (χ4n) is 5.86. The number of benzene rings is 2. The summed E-state index contributed by atoms with van der Waals surface area (Å²) < 4.78 is 0. The van der Waals surface area contributed by atoms with Gasteiger partial charge in [-0.1, -0.05) is 71.9 Å². The molecule has 10 heteroatoms. The Labute approximate surface area is 276 Å². The Morgan fingerprint density at radius 1 is 0.927 bits per heavy atom. The van der Waals surface area contributed by atoms with Crippen molar-refractivity contribution in [2.75, 3.05) is 5.34 Å². The number of hydrogen-bond donors (Lipinski definition) is 0. The standard InChI is InChI=1S/C15H17ClO2.C15H18O.CH2Cl2.Al.3ClH/c1-9(14(16)18)7-10-5-4-6-11-12(10)8-15(2,3)13(11)17;1-9-6-12-11(14(9)16)5-4-10-7-15(2,3)8-13(10)12;2-1-3;;;;/h4-6,9H,7-8H2,1-3H3;4-5,9H,6-8H2,1-3H3;1H2;;3*1H/q;;;+3;;;/p-3. The van der Waals surface area contributed by atoms with Gasteiger partial charge in [-0.2, -0.15) is 0 Å². The predicted octanol–water partition coefficient (Wildman–Crippen LogP) is 9.69. The van der Waals surface area contributed by atoms with Crippen LogP contribution in [0.15, 0.2) is 30.3 Å². The maximum absolute atomic E-state index is 12.2. The van der Waals surface area contributed by atoms with Gasteiger partial charge in [0.1, 0.15) is 0 Å². The van der Waals surface area contributed by atoms with Gasteiger partial charge in [-0.05, 0) is 76.9 Å². The number of halogens is 6. The summed E-state index contributed by atoms with van der Waals surface area (Å²) in [6, 6.07) is 9.99. The van der Waals surface area contributed by atoms with Crippen LogP contribution >= 0.6 is 65.0 Å². The summed E-state index contributed by atoms with van der Waals surface area (Å²) in [5.41, 5.74) is 8.37. The van der Waals surface area contributed by atoms with Crippen molar-refractivity contribution in [3.63, 3.8) is 0 Å². The molecule has 0 N–H and O–H groups in total. The molecule has 0 bridgehead atoms. The number of carbonyl (C=O) groups is 3. The number of carbonyl (C=O) groups excluding carboxylic acids is 3. The first-order valence-electron chi connectivity index (χ1n) is 13.5. The van der Waals surface area contributed by atoms with Crippen LogP contribution in [0.1, 0.15) is 90.1 Å². The summed E-state index contributed by atoms with van der Waals surface area (Å²) in [5, 5.41) is -0.129. The molecule has 0 spiro atoms. The number of hydrogen-bond acceptors (Lipinski definition) is 3. The zero-order valence-corrected chi connectivity index (χ0v) is 30.0. The van der Waals surface area contributed by atoms with Crippen molar-refractivity contribution < 1.29 is 14.4 Å². The van der Waals surface area contributed by atoms with Crippen LogP contribution in [0, 0.1) is 22.7 Å². The summed E-state index contributed by atoms with van der Waals surface area (Å²) >= 11 is 13.3. The molecule has 0 saturated heterocycles. The molecule has 0 amide bonds. The Morgan fingerprint density at radius 3 is 2.07 bits per heavy atom. The Bertz CT molecular complexity index is 1270. The molecule has 0 heterocycles. The number of alkyl halides is 2. The van der Waals surface area contributed by atoms with Crippen LogP contribution in [0.25, 0.3) is 0 Å². The van der Waals surface area contributed by atoms with Crippen molar-refractivity contribution in [2.24, 2.45) is 22.7 Å². The van der Waals surface area contributed by atoms with Crippen molar-refractivity contribution in [1.29, 1.82) is 0 Å². The molecule has 2 unspecified atom stereocenters. The molecule has 0 aliphatic heterocycles. The van der Waals surface area contributed by atoms with Gasteiger partial charge < -0.3 is 0 Å². The third-order valence-electron chi connectivity index (χ3n) is 7.74. The number of Topliss-reactive ketones (excluding diaryl/α,β-unsaturated/α-hetero) is 2. The first-order chi connectivity index (χ1) is 19.0. The molecule has 2 atom stereocenters. The van der Waals surface area contributed by atoms with Crippen LogP contribution in [0.5, 0.6) is 0 Å². The quantitative estimate of drug-likeness (QED) is 0.182. The van der Waals surface area contributed by atoms with Gasteiger partial charge in [0.25, 0.3) is 0 Å². The van der Waals surface area contributed by atoms with Crippen LogP contribution in [0.2, 0.25) is 0 Å². The van der Waals surface area contributed by atoms with Crippen LogP contribution in [-0.4, -0.2) is 33.5 Å². The molecule has 0 fully saturated rings. The summed E-state index contributed by atoms with van der Waals surface area (Å²) in [6.45, 7) is 12.4. The largest absolute Gasteiger partial charge is 0.643 e. The highest BCUT2D eigenvalue weighted by atomic mass is 35.8. The first kappa shape index (κ1) is 36.9. The lowest BCUT2D eigenvalue weighted by Crippen LogP contribution is -2.18. The van der Waals surface area contributed by atoms with Gasteiger partial charge >= 0.3 is 11.4 Å². The smallest absolute Gasteiger partial charge is 0.294 e. The monoisotopic (exact) mass is 694 g/mol. The zero-order chi connectivity index (χ0) is 31.3. The maximum atomic E-state index is 12.2. The fraction of sp³-hybridized carbons (Fsp3) is 0.516. The van der Waals surface area contributed by atoms with Gasteiger partial charge in [-0.25, -0.2) is 30.1 Å². The van der Waals surface area contributed by atoms with Crippen molar-refractivity contribution >= 4 is 93.1 Å². The SMILES string of the molecule is CC(Cc1cccc2c1CC(C)(C)C2=O)C(=O)Cl.CC1Cc2c(ccc3c2CC(C)(C)C3)C1=O.ClCCl.[Cl][Al]([Cl])[Cl]. The second-order valence-electron chi connectivity index (χ2n) is 12.3. The molecule has 41 heavy (non-hydrogen) atoms. The molecule has 3 nitrogen and oxygen atoms in total.